The van der Waals surface area contributed by atoms with Crippen LogP contribution in [-0.2, 0) is 4.79 Å². The molecule has 2 aromatic rings. The summed E-state index contributed by atoms with van der Waals surface area (Å²) in [5, 5.41) is 4.39. The van der Waals surface area contributed by atoms with Crippen LogP contribution in [0, 0.1) is 5.92 Å². The van der Waals surface area contributed by atoms with E-state index in [1.54, 1.807) is 24.4 Å². The van der Waals surface area contributed by atoms with E-state index in [1.165, 1.54) is 0 Å². The number of H-pyrrole nitrogens is 1. The molecule has 20 heavy (non-hydrogen) atoms. The van der Waals surface area contributed by atoms with Crippen molar-refractivity contribution in [3.05, 3.63) is 39.8 Å². The average Bonchev–Trinajstić information content (AvgIpc) is 2.37. The van der Waals surface area contributed by atoms with Crippen LogP contribution in [0.25, 0.3) is 10.8 Å². The van der Waals surface area contributed by atoms with Crippen LogP contribution in [0.3, 0.4) is 0 Å². The first-order valence-electron chi connectivity index (χ1n) is 6.42. The van der Waals surface area contributed by atoms with Gasteiger partial charge in [-0.15, -0.1) is 0 Å². The number of nitrogens with one attached hydrogen (secondary N) is 2. The largest absolute Gasteiger partial charge is 0.329 e. The number of pyridine rings is 1. The Morgan fingerprint density at radius 3 is 2.85 bits per heavy atom. The molecule has 1 fully saturated rings. The van der Waals surface area contributed by atoms with Gasteiger partial charge in [-0.3, -0.25) is 9.59 Å². The molecule has 0 spiro atoms. The summed E-state index contributed by atoms with van der Waals surface area (Å²) in [5.74, 6) is -0.117. The van der Waals surface area contributed by atoms with Gasteiger partial charge in [0.1, 0.15) is 0 Å². The minimum absolute atomic E-state index is 0.0454. The quantitative estimate of drug-likeness (QED) is 0.789. The molecule has 0 unspecified atom stereocenters. The Hall–Kier alpha value is -1.85. The summed E-state index contributed by atoms with van der Waals surface area (Å²) in [4.78, 5) is 26.2. The number of carbonyl (C=O) groups is 1. The first kappa shape index (κ1) is 13.1. The van der Waals surface area contributed by atoms with E-state index in [1.807, 2.05) is 0 Å². The van der Waals surface area contributed by atoms with Crippen molar-refractivity contribution in [3.63, 3.8) is 0 Å². The van der Waals surface area contributed by atoms with Crippen molar-refractivity contribution in [1.29, 1.82) is 0 Å². The molecule has 4 N–H and O–H groups in total. The molecule has 0 aliphatic heterocycles. The van der Waals surface area contributed by atoms with Crippen LogP contribution >= 0.6 is 11.6 Å². The first-order valence-corrected chi connectivity index (χ1v) is 6.80. The van der Waals surface area contributed by atoms with Crippen molar-refractivity contribution < 1.29 is 4.79 Å². The van der Waals surface area contributed by atoms with E-state index in [0.717, 1.165) is 5.39 Å². The molecule has 5 nitrogen and oxygen atoms in total. The van der Waals surface area contributed by atoms with E-state index < -0.39 is 0 Å². The second-order valence-corrected chi connectivity index (χ2v) is 5.55. The highest BCUT2D eigenvalue weighted by Crippen LogP contribution is 2.30. The topological polar surface area (TPSA) is 88.0 Å². The minimum atomic E-state index is -0.202. The van der Waals surface area contributed by atoms with E-state index in [2.05, 4.69) is 10.3 Å². The molecule has 1 aromatic heterocycles. The molecule has 0 atom stereocenters. The predicted octanol–water partition coefficient (Wildman–Crippen LogP) is 1.86. The third-order valence-corrected chi connectivity index (χ3v) is 3.98. The van der Waals surface area contributed by atoms with E-state index >= 15 is 0 Å². The Kier molecular flexibility index (Phi) is 3.23. The summed E-state index contributed by atoms with van der Waals surface area (Å²) < 4.78 is 0. The number of fused-ring (bicyclic) bond motifs is 1. The van der Waals surface area contributed by atoms with Crippen molar-refractivity contribution in [2.24, 2.45) is 11.7 Å². The zero-order valence-corrected chi connectivity index (χ0v) is 11.4. The number of anilines is 1. The van der Waals surface area contributed by atoms with Gasteiger partial charge < -0.3 is 16.0 Å². The monoisotopic (exact) mass is 291 g/mol. The van der Waals surface area contributed by atoms with Gasteiger partial charge in [0.05, 0.1) is 10.7 Å². The second-order valence-electron chi connectivity index (χ2n) is 5.14. The fraction of sp³-hybridized carbons (Fsp3) is 0.286. The normalized spacial score (nSPS) is 21.5. The number of aromatic amines is 1. The average molecular weight is 292 g/mol. The zero-order valence-electron chi connectivity index (χ0n) is 10.7. The molecular formula is C14H14ClN3O2. The number of carbonyl (C=O) groups excluding carboxylic acids is 1. The molecular weight excluding hydrogens is 278 g/mol. The van der Waals surface area contributed by atoms with Crippen LogP contribution in [0.2, 0.25) is 5.02 Å². The van der Waals surface area contributed by atoms with Crippen LogP contribution in [0.4, 0.5) is 5.69 Å². The van der Waals surface area contributed by atoms with Crippen molar-refractivity contribution in [2.75, 3.05) is 5.32 Å². The lowest BCUT2D eigenvalue weighted by Gasteiger charge is -2.31. The smallest absolute Gasteiger partial charge is 0.255 e. The van der Waals surface area contributed by atoms with Crippen LogP contribution in [-0.4, -0.2) is 16.9 Å². The number of aromatic nitrogens is 1. The molecule has 3 rings (SSSR count). The van der Waals surface area contributed by atoms with Crippen LogP contribution in [0.1, 0.15) is 12.8 Å². The third kappa shape index (κ3) is 2.30. The van der Waals surface area contributed by atoms with Crippen molar-refractivity contribution in [3.8, 4) is 0 Å². The zero-order chi connectivity index (χ0) is 14.3. The highest BCUT2D eigenvalue weighted by atomic mass is 35.5. The number of hydrogen-bond donors (Lipinski definition) is 3. The summed E-state index contributed by atoms with van der Waals surface area (Å²) in [7, 11) is 0. The lowest BCUT2D eigenvalue weighted by Crippen LogP contribution is -2.42. The van der Waals surface area contributed by atoms with Gasteiger partial charge in [-0.2, -0.15) is 0 Å². The van der Waals surface area contributed by atoms with Gasteiger partial charge in [0, 0.05) is 23.5 Å². The number of benzene rings is 1. The molecule has 1 aliphatic carbocycles. The molecule has 0 saturated heterocycles. The fourth-order valence-corrected chi connectivity index (χ4v) is 2.63. The number of hydrogen-bond acceptors (Lipinski definition) is 3. The lowest BCUT2D eigenvalue weighted by atomic mass is 9.80. The molecule has 1 aliphatic rings. The van der Waals surface area contributed by atoms with Crippen molar-refractivity contribution in [2.45, 2.75) is 18.9 Å². The summed E-state index contributed by atoms with van der Waals surface area (Å²) in [6.45, 7) is 0. The van der Waals surface area contributed by atoms with Gasteiger partial charge in [0.2, 0.25) is 5.91 Å². The van der Waals surface area contributed by atoms with Crippen molar-refractivity contribution in [1.82, 2.24) is 4.98 Å². The SMILES string of the molecule is N[C@H]1C[C@@H](C(=O)Nc2cc3cc[nH]c(=O)c3cc2Cl)C1. The number of rotatable bonds is 2. The number of amides is 1. The molecule has 104 valence electrons. The Balaban J connectivity index is 1.90. The molecule has 1 saturated carbocycles. The third-order valence-electron chi connectivity index (χ3n) is 3.66. The van der Waals surface area contributed by atoms with Gasteiger partial charge in [-0.1, -0.05) is 11.6 Å². The molecule has 1 aromatic carbocycles. The molecule has 0 radical (unpaired) electrons. The van der Waals surface area contributed by atoms with Gasteiger partial charge >= 0.3 is 0 Å². The summed E-state index contributed by atoms with van der Waals surface area (Å²) in [5.41, 5.74) is 6.00. The maximum Gasteiger partial charge on any atom is 0.255 e. The Labute approximate surface area is 120 Å². The molecule has 6 heteroatoms. The maximum absolute atomic E-state index is 12.0. The predicted molar refractivity (Wildman–Crippen MR) is 78.9 cm³/mol. The van der Waals surface area contributed by atoms with E-state index in [4.69, 9.17) is 17.3 Å². The maximum atomic E-state index is 12.0. The standard InChI is InChI=1S/C14H14ClN3O2/c15-11-6-10-7(1-2-17-14(10)20)5-12(11)18-13(19)8-3-9(16)4-8/h1-2,5-6,8-9H,3-4,16H2,(H,17,20)(H,18,19)/t8-,9+. The summed E-state index contributed by atoms with van der Waals surface area (Å²) >= 11 is 6.12. The second kappa shape index (κ2) is 4.92. The van der Waals surface area contributed by atoms with Gasteiger partial charge in [-0.25, -0.2) is 0 Å². The number of halogens is 1. The molecule has 1 amide bonds. The summed E-state index contributed by atoms with van der Waals surface area (Å²) in [6.07, 6.45) is 2.97. The van der Waals surface area contributed by atoms with Gasteiger partial charge in [0.25, 0.3) is 5.56 Å². The van der Waals surface area contributed by atoms with Crippen molar-refractivity contribution >= 4 is 34.0 Å². The van der Waals surface area contributed by atoms with E-state index in [-0.39, 0.29) is 23.4 Å². The van der Waals surface area contributed by atoms with Crippen LogP contribution in [0.5, 0.6) is 0 Å². The van der Waals surface area contributed by atoms with E-state index in [0.29, 0.717) is 28.9 Å². The number of nitrogens with two attached hydrogens (primary N) is 1. The Morgan fingerprint density at radius 1 is 1.40 bits per heavy atom. The highest BCUT2D eigenvalue weighted by Gasteiger charge is 2.32. The van der Waals surface area contributed by atoms with Crippen LogP contribution < -0.4 is 16.6 Å². The van der Waals surface area contributed by atoms with Crippen LogP contribution in [0.15, 0.2) is 29.2 Å². The Morgan fingerprint density at radius 2 is 2.15 bits per heavy atom. The Bertz CT molecular complexity index is 735. The van der Waals surface area contributed by atoms with Gasteiger partial charge in [-0.05, 0) is 36.4 Å². The molecule has 1 heterocycles. The van der Waals surface area contributed by atoms with E-state index in [9.17, 15) is 9.59 Å². The molecule has 0 bridgehead atoms. The first-order chi connectivity index (χ1) is 9.54. The lowest BCUT2D eigenvalue weighted by molar-refractivity contribution is -0.122. The fourth-order valence-electron chi connectivity index (χ4n) is 2.42. The highest BCUT2D eigenvalue weighted by molar-refractivity contribution is 6.34. The minimum Gasteiger partial charge on any atom is -0.329 e. The summed E-state index contributed by atoms with van der Waals surface area (Å²) in [6, 6.07) is 5.17. The van der Waals surface area contributed by atoms with Gasteiger partial charge in [0.15, 0.2) is 0 Å².